The van der Waals surface area contributed by atoms with Gasteiger partial charge in [-0.1, -0.05) is 0 Å². The van der Waals surface area contributed by atoms with E-state index in [9.17, 15) is 59.4 Å². The maximum atomic E-state index is 11.6. The second-order valence-corrected chi connectivity index (χ2v) is 15.1. The van der Waals surface area contributed by atoms with Crippen LogP contribution in [0.2, 0.25) is 0 Å². The SMILES string of the molecule is O=C([O-])C1SB(SC(C(=O)[O-])C(SB2SC(C(=O)[O-])C(C(=O)[O-])S2)C(=O)[O-])SC1C(=O)[O-].[Na+].[Na+].[Na+].[Na+].[Na+].[Na+]. The number of rotatable bonds is 11. The number of carboxylic acids is 6. The van der Waals surface area contributed by atoms with E-state index in [1.54, 1.807) is 0 Å². The molecule has 12 nitrogen and oxygen atoms in total. The molecule has 2 fully saturated rings. The van der Waals surface area contributed by atoms with Crippen molar-refractivity contribution in [2.24, 2.45) is 0 Å². The summed E-state index contributed by atoms with van der Waals surface area (Å²) in [6, 6.07) is 0. The molecule has 0 amide bonds. The van der Waals surface area contributed by atoms with E-state index in [1.165, 1.54) is 0 Å². The summed E-state index contributed by atoms with van der Waals surface area (Å²) in [4.78, 5) is 67.8. The van der Waals surface area contributed by atoms with E-state index < -0.39 is 76.4 Å². The van der Waals surface area contributed by atoms with Crippen LogP contribution in [0, 0.1) is 0 Å². The molecule has 0 aromatic carbocycles. The van der Waals surface area contributed by atoms with Gasteiger partial charge in [0.25, 0.3) is 0 Å². The normalized spacial score (nSPS) is 22.7. The first-order chi connectivity index (χ1) is 14.8. The number of hydrogen-bond donors (Lipinski definition) is 0. The van der Waals surface area contributed by atoms with Gasteiger partial charge in [-0.25, -0.2) is 0 Å². The zero-order valence-electron chi connectivity index (χ0n) is 21.0. The number of carbonyl (C=O) groups excluding carboxylic acids is 6. The molecule has 0 aliphatic carbocycles. The predicted octanol–water partition coefficient (Wildman–Crippen LogP) is -25.9. The first-order valence-electron chi connectivity index (χ1n) is 8.01. The fourth-order valence-electron chi connectivity index (χ4n) is 2.41. The molecule has 0 aromatic heterocycles. The maximum Gasteiger partial charge on any atom is 1.00 e. The Morgan fingerprint density at radius 3 is 0.789 bits per heavy atom. The minimum atomic E-state index is -1.89. The maximum absolute atomic E-state index is 11.6. The summed E-state index contributed by atoms with van der Waals surface area (Å²) < 4.78 is -2.14. The summed E-state index contributed by atoms with van der Waals surface area (Å²) in [7, 11) is 0. The van der Waals surface area contributed by atoms with Gasteiger partial charge in [0.2, 0.25) is 0 Å². The summed E-state index contributed by atoms with van der Waals surface area (Å²) in [6.07, 6.45) is 0. The van der Waals surface area contributed by atoms with Crippen molar-refractivity contribution in [2.45, 2.75) is 31.5 Å². The Morgan fingerprint density at radius 1 is 0.474 bits per heavy atom. The van der Waals surface area contributed by atoms with E-state index in [4.69, 9.17) is 0 Å². The van der Waals surface area contributed by atoms with Crippen LogP contribution in [0.5, 0.6) is 0 Å². The summed E-state index contributed by atoms with van der Waals surface area (Å²) in [5, 5.41) is 57.7. The second-order valence-electron chi connectivity index (χ2n) is 5.83. The van der Waals surface area contributed by atoms with Crippen LogP contribution >= 0.6 is 69.7 Å². The van der Waals surface area contributed by atoms with Crippen molar-refractivity contribution in [3.63, 3.8) is 0 Å². The minimum Gasteiger partial charge on any atom is -0.549 e. The molecule has 0 aromatic rings. The molecule has 0 radical (unpaired) electrons. The number of hydrogen-bond acceptors (Lipinski definition) is 18. The molecule has 26 heteroatoms. The Hall–Kier alpha value is 5.05. The molecule has 2 saturated heterocycles. The molecule has 38 heavy (non-hydrogen) atoms. The summed E-state index contributed by atoms with van der Waals surface area (Å²) in [5.41, 5.74) is 0. The monoisotopic (exact) mass is 694 g/mol. The van der Waals surface area contributed by atoms with E-state index in [2.05, 4.69) is 0 Å². The molecule has 0 spiro atoms. The molecule has 2 aliphatic rings. The van der Waals surface area contributed by atoms with Crippen molar-refractivity contribution in [3.8, 4) is 0 Å². The van der Waals surface area contributed by atoms with E-state index in [-0.39, 0.29) is 177 Å². The van der Waals surface area contributed by atoms with Gasteiger partial charge in [-0.15, -0.1) is 0 Å². The second kappa shape index (κ2) is 25.2. The molecule has 6 unspecified atom stereocenters. The van der Waals surface area contributed by atoms with Crippen molar-refractivity contribution in [3.05, 3.63) is 0 Å². The van der Waals surface area contributed by atoms with Crippen molar-refractivity contribution in [1.29, 1.82) is 0 Å². The summed E-state index contributed by atoms with van der Waals surface area (Å²) in [5.74, 6) is -10.7. The molecule has 2 aliphatic heterocycles. The van der Waals surface area contributed by atoms with Gasteiger partial charge < -0.3 is 59.4 Å². The number of carboxylic acid groups (broad SMARTS) is 6. The van der Waals surface area contributed by atoms with Gasteiger partial charge >= 0.3 is 186 Å². The van der Waals surface area contributed by atoms with Crippen LogP contribution in [0.1, 0.15) is 0 Å². The Labute approximate surface area is 375 Å². The average Bonchev–Trinajstić information content (AvgIpc) is 3.29. The Balaban J connectivity index is -0.000000605. The van der Waals surface area contributed by atoms with Gasteiger partial charge in [-0.3, -0.25) is 0 Å². The smallest absolute Gasteiger partial charge is 0.549 e. The van der Waals surface area contributed by atoms with Crippen molar-refractivity contribution in [2.75, 3.05) is 0 Å². The van der Waals surface area contributed by atoms with Gasteiger partial charge in [0, 0.05) is 0 Å². The van der Waals surface area contributed by atoms with Gasteiger partial charge in [-0.05, 0) is 0 Å². The molecule has 0 saturated carbocycles. The van der Waals surface area contributed by atoms with Crippen LogP contribution < -0.4 is 208 Å². The third kappa shape index (κ3) is 15.6. The van der Waals surface area contributed by atoms with E-state index in [0.717, 1.165) is 0 Å². The first-order valence-corrected chi connectivity index (χ1v) is 13.7. The van der Waals surface area contributed by atoms with Crippen molar-refractivity contribution in [1.82, 2.24) is 0 Å². The van der Waals surface area contributed by atoms with Gasteiger partial charge in [-0.2, -0.15) is 69.7 Å². The first kappa shape index (κ1) is 52.6. The topological polar surface area (TPSA) is 241 Å². The van der Waals surface area contributed by atoms with Crippen LogP contribution in [-0.4, -0.2) is 76.4 Å². The zero-order valence-corrected chi connectivity index (χ0v) is 37.9. The van der Waals surface area contributed by atoms with Crippen LogP contribution in [0.4, 0.5) is 0 Å². The molecule has 174 valence electrons. The van der Waals surface area contributed by atoms with E-state index in [0.29, 0.717) is 69.7 Å². The standard InChI is InChI=1S/C12H12B2O12S6.6Na/c15-7(16)1-2(8(17)18)28-13(27-1)31-5(11(23)24)6(12(25)26)32-14-29-3(9(19)20)4(30-14)10(21)22;;;;;;/h1-6H,(H,15,16)(H,17,18)(H,19,20)(H,21,22)(H,23,24)(H,25,26);;;;;;/q;6*+1/p-6. The van der Waals surface area contributed by atoms with Crippen LogP contribution in [-0.2, 0) is 28.8 Å². The van der Waals surface area contributed by atoms with Crippen molar-refractivity contribution >= 4 is 115 Å². The zero-order chi connectivity index (χ0) is 24.3. The molecule has 0 bridgehead atoms. The molecule has 6 atom stereocenters. The van der Waals surface area contributed by atoms with Crippen LogP contribution in [0.25, 0.3) is 0 Å². The molecular weight excluding hydrogens is 688 g/mol. The summed E-state index contributed by atoms with van der Waals surface area (Å²) in [6.45, 7) is 0. The molecule has 0 N–H and O–H groups in total. The average molecular weight is 694 g/mol. The molecular formula is C12H6B2Na6O12S6. The van der Waals surface area contributed by atoms with E-state index in [1.807, 2.05) is 0 Å². The van der Waals surface area contributed by atoms with Crippen LogP contribution in [0.3, 0.4) is 0 Å². The number of aliphatic carboxylic acids is 6. The minimum absolute atomic E-state index is 0. The largest absolute Gasteiger partial charge is 1.00 e. The third-order valence-corrected chi connectivity index (χ3v) is 14.2. The van der Waals surface area contributed by atoms with Gasteiger partial charge in [0.15, 0.2) is 0 Å². The van der Waals surface area contributed by atoms with Crippen LogP contribution in [0.15, 0.2) is 0 Å². The predicted molar refractivity (Wildman–Crippen MR) is 110 cm³/mol. The third-order valence-electron chi connectivity index (χ3n) is 3.77. The molecule has 2 heterocycles. The van der Waals surface area contributed by atoms with E-state index >= 15 is 0 Å². The van der Waals surface area contributed by atoms with Crippen molar-refractivity contribution < 1.29 is 237 Å². The Morgan fingerprint density at radius 2 is 0.658 bits per heavy atom. The quantitative estimate of drug-likeness (QED) is 0.182. The fourth-order valence-corrected chi connectivity index (χ4v) is 13.0. The Bertz CT molecular complexity index is 744. The summed E-state index contributed by atoms with van der Waals surface area (Å²) >= 11 is 2.92. The van der Waals surface area contributed by atoms with Gasteiger partial charge in [0.1, 0.15) is 0 Å². The Kier molecular flexibility index (Phi) is 34.8. The number of carbonyl (C=O) groups is 6. The fraction of sp³-hybridized carbons (Fsp3) is 0.500. The molecule has 2 rings (SSSR count). The van der Waals surface area contributed by atoms with Gasteiger partial charge in [0.05, 0.1) is 67.3 Å².